The molecule has 1 aromatic rings. The Labute approximate surface area is 168 Å². The van der Waals surface area contributed by atoms with Gasteiger partial charge in [-0.05, 0) is 67.4 Å². The van der Waals surface area contributed by atoms with Crippen molar-refractivity contribution in [3.63, 3.8) is 0 Å². The minimum absolute atomic E-state index is 0.0612. The second-order valence-corrected chi connectivity index (χ2v) is 10.5. The molecule has 0 amide bonds. The molecular weight excluding hydrogens is 374 g/mol. The lowest BCUT2D eigenvalue weighted by atomic mass is 9.45. The van der Waals surface area contributed by atoms with Gasteiger partial charge in [0.1, 0.15) is 0 Å². The lowest BCUT2D eigenvalue weighted by Crippen LogP contribution is -2.63. The molecule has 28 heavy (non-hydrogen) atoms. The van der Waals surface area contributed by atoms with Crippen LogP contribution in [0.5, 0.6) is 0 Å². The fourth-order valence-corrected chi connectivity index (χ4v) is 6.30. The van der Waals surface area contributed by atoms with Gasteiger partial charge in [0, 0.05) is 12.5 Å². The molecule has 0 spiro atoms. The van der Waals surface area contributed by atoms with Crippen LogP contribution in [-0.2, 0) is 14.8 Å². The largest absolute Gasteiger partial charge is 0.481 e. The predicted molar refractivity (Wildman–Crippen MR) is 109 cm³/mol. The number of allylic oxidation sites excluding steroid dienone is 2. The maximum atomic E-state index is 12.9. The molecule has 0 aromatic heterocycles. The van der Waals surface area contributed by atoms with Crippen molar-refractivity contribution in [2.75, 3.05) is 0 Å². The molecule has 2 N–H and O–H groups in total. The van der Waals surface area contributed by atoms with E-state index in [2.05, 4.69) is 24.6 Å². The van der Waals surface area contributed by atoms with Crippen LogP contribution in [0, 0.1) is 23.2 Å². The second kappa shape index (κ2) is 8.37. The highest BCUT2D eigenvalue weighted by Gasteiger charge is 2.58. The fraction of sp³-hybridized carbons (Fsp3) is 0.591. The number of unbranched alkanes of at least 4 members (excludes halogenated alkanes) is 1. The van der Waals surface area contributed by atoms with Crippen LogP contribution < -0.4 is 4.72 Å². The van der Waals surface area contributed by atoms with E-state index in [1.807, 2.05) is 12.1 Å². The van der Waals surface area contributed by atoms with Crippen molar-refractivity contribution in [3.05, 3.63) is 42.5 Å². The highest BCUT2D eigenvalue weighted by atomic mass is 32.2. The lowest BCUT2D eigenvalue weighted by Gasteiger charge is -2.62. The number of fused-ring (bicyclic) bond motifs is 2. The number of carboxylic acid groups (broad SMARTS) is 1. The summed E-state index contributed by atoms with van der Waals surface area (Å²) >= 11 is 0. The molecule has 1 aromatic carbocycles. The van der Waals surface area contributed by atoms with E-state index in [0.29, 0.717) is 23.2 Å². The summed E-state index contributed by atoms with van der Waals surface area (Å²) in [6.45, 7) is 4.52. The third kappa shape index (κ3) is 4.49. The van der Waals surface area contributed by atoms with E-state index in [4.69, 9.17) is 5.11 Å². The molecule has 154 valence electrons. The smallest absolute Gasteiger partial charge is 0.303 e. The lowest BCUT2D eigenvalue weighted by molar-refractivity contribution is -0.137. The minimum Gasteiger partial charge on any atom is -0.481 e. The molecule has 0 radical (unpaired) electrons. The monoisotopic (exact) mass is 405 g/mol. The van der Waals surface area contributed by atoms with E-state index in [1.54, 1.807) is 24.3 Å². The van der Waals surface area contributed by atoms with Crippen LogP contribution >= 0.6 is 0 Å². The molecule has 4 rings (SSSR count). The number of hydrogen-bond acceptors (Lipinski definition) is 3. The zero-order valence-electron chi connectivity index (χ0n) is 16.7. The van der Waals surface area contributed by atoms with Gasteiger partial charge in [-0.25, -0.2) is 13.1 Å². The molecule has 0 saturated heterocycles. The summed E-state index contributed by atoms with van der Waals surface area (Å²) < 4.78 is 28.9. The Morgan fingerprint density at radius 2 is 1.93 bits per heavy atom. The number of aliphatic carboxylic acids is 1. The first-order valence-electron chi connectivity index (χ1n) is 10.2. The number of nitrogens with one attached hydrogen (secondary N) is 1. The molecule has 4 atom stereocenters. The molecular formula is C22H31NO4S. The van der Waals surface area contributed by atoms with E-state index >= 15 is 0 Å². The molecule has 3 aliphatic rings. The van der Waals surface area contributed by atoms with Gasteiger partial charge in [0.2, 0.25) is 10.0 Å². The molecule has 0 aliphatic heterocycles. The average Bonchev–Trinajstić information content (AvgIpc) is 2.65. The molecule has 0 heterocycles. The molecule has 3 aliphatic carbocycles. The SMILES string of the molecule is CC1(C)[C@H]2C[C@H](CC=CCCCC(=O)O)[C@@H](NS(=O)(=O)c3ccccc3)[C@@H]1C2. The van der Waals surface area contributed by atoms with Crippen LogP contribution in [0.4, 0.5) is 0 Å². The van der Waals surface area contributed by atoms with E-state index in [1.165, 1.54) is 0 Å². The molecule has 5 nitrogen and oxygen atoms in total. The summed E-state index contributed by atoms with van der Waals surface area (Å²) in [7, 11) is -3.54. The summed E-state index contributed by atoms with van der Waals surface area (Å²) in [5, 5.41) is 8.70. The van der Waals surface area contributed by atoms with E-state index in [0.717, 1.165) is 25.7 Å². The van der Waals surface area contributed by atoms with Gasteiger partial charge in [-0.3, -0.25) is 4.79 Å². The fourth-order valence-electron chi connectivity index (χ4n) is 4.93. The van der Waals surface area contributed by atoms with Crippen LogP contribution in [0.2, 0.25) is 0 Å². The number of benzene rings is 1. The first kappa shape index (κ1) is 21.1. The first-order valence-corrected chi connectivity index (χ1v) is 11.6. The van der Waals surface area contributed by atoms with E-state index in [9.17, 15) is 13.2 Å². The quantitative estimate of drug-likeness (QED) is 0.476. The summed E-state index contributed by atoms with van der Waals surface area (Å²) in [6, 6.07) is 8.52. The molecule has 3 fully saturated rings. The summed E-state index contributed by atoms with van der Waals surface area (Å²) in [5.74, 6) is 0.528. The van der Waals surface area contributed by atoms with Crippen molar-refractivity contribution in [2.45, 2.75) is 63.3 Å². The Morgan fingerprint density at radius 1 is 1.21 bits per heavy atom. The zero-order valence-corrected chi connectivity index (χ0v) is 17.5. The summed E-state index contributed by atoms with van der Waals surface area (Å²) in [4.78, 5) is 10.9. The van der Waals surface area contributed by atoms with Crippen molar-refractivity contribution < 1.29 is 18.3 Å². The van der Waals surface area contributed by atoms with Gasteiger partial charge in [-0.2, -0.15) is 0 Å². The zero-order chi connectivity index (χ0) is 20.4. The van der Waals surface area contributed by atoms with Crippen LogP contribution in [0.1, 0.15) is 52.4 Å². The molecule has 6 heteroatoms. The number of sulfonamides is 1. The summed E-state index contributed by atoms with van der Waals surface area (Å²) in [6.07, 6.45) is 8.67. The van der Waals surface area contributed by atoms with Crippen LogP contribution in [0.3, 0.4) is 0 Å². The van der Waals surface area contributed by atoms with Crippen molar-refractivity contribution in [1.29, 1.82) is 0 Å². The summed E-state index contributed by atoms with van der Waals surface area (Å²) in [5.41, 5.74) is 0.172. The topological polar surface area (TPSA) is 83.5 Å². The normalized spacial score (nSPS) is 28.8. The van der Waals surface area contributed by atoms with Crippen molar-refractivity contribution in [2.24, 2.45) is 23.2 Å². The van der Waals surface area contributed by atoms with Gasteiger partial charge < -0.3 is 5.11 Å². The third-order valence-electron chi connectivity index (χ3n) is 6.79. The standard InChI is InChI=1S/C22H31NO4S/c1-22(2)17-14-16(10-6-3-4-9-13-20(24)25)21(19(22)15-17)23-28(26,27)18-11-7-5-8-12-18/h3,5-8,11-12,16-17,19,21,23H,4,9-10,13-15H2,1-2H3,(H,24,25)/t16-,17-,19-,21+/m0/s1. The van der Waals surface area contributed by atoms with Crippen molar-refractivity contribution in [1.82, 2.24) is 4.72 Å². The third-order valence-corrected chi connectivity index (χ3v) is 8.26. The Bertz CT molecular complexity index is 816. The maximum Gasteiger partial charge on any atom is 0.303 e. The van der Waals surface area contributed by atoms with Gasteiger partial charge in [-0.1, -0.05) is 44.2 Å². The highest BCUT2D eigenvalue weighted by Crippen LogP contribution is 2.61. The Kier molecular flexibility index (Phi) is 6.30. The van der Waals surface area contributed by atoms with Crippen molar-refractivity contribution in [3.8, 4) is 0 Å². The number of rotatable bonds is 9. The number of carboxylic acids is 1. The van der Waals surface area contributed by atoms with Gasteiger partial charge in [0.15, 0.2) is 0 Å². The van der Waals surface area contributed by atoms with Gasteiger partial charge in [0.25, 0.3) is 0 Å². The first-order chi connectivity index (χ1) is 13.2. The molecule has 2 bridgehead atoms. The van der Waals surface area contributed by atoms with Crippen LogP contribution in [0.15, 0.2) is 47.4 Å². The van der Waals surface area contributed by atoms with Gasteiger partial charge in [-0.15, -0.1) is 0 Å². The predicted octanol–water partition coefficient (Wildman–Crippen LogP) is 4.22. The van der Waals surface area contributed by atoms with E-state index in [-0.39, 0.29) is 23.8 Å². The molecule has 3 saturated carbocycles. The van der Waals surface area contributed by atoms with Crippen molar-refractivity contribution >= 4 is 16.0 Å². The van der Waals surface area contributed by atoms with E-state index < -0.39 is 16.0 Å². The Morgan fingerprint density at radius 3 is 2.57 bits per heavy atom. The molecule has 0 unspecified atom stereocenters. The van der Waals surface area contributed by atoms with Crippen LogP contribution in [-0.4, -0.2) is 25.5 Å². The minimum atomic E-state index is -3.54. The number of carbonyl (C=O) groups is 1. The van der Waals surface area contributed by atoms with Gasteiger partial charge in [0.05, 0.1) is 4.90 Å². The Hall–Kier alpha value is -1.66. The van der Waals surface area contributed by atoms with Crippen LogP contribution in [0.25, 0.3) is 0 Å². The highest BCUT2D eigenvalue weighted by molar-refractivity contribution is 7.89. The maximum absolute atomic E-state index is 12.9. The second-order valence-electron chi connectivity index (χ2n) is 8.81. The average molecular weight is 406 g/mol. The van der Waals surface area contributed by atoms with Gasteiger partial charge >= 0.3 is 5.97 Å². The number of hydrogen-bond donors (Lipinski definition) is 2. The Balaban J connectivity index is 1.68.